The summed E-state index contributed by atoms with van der Waals surface area (Å²) in [7, 11) is 0. The number of hydrogen-bond donors (Lipinski definition) is 2. The number of carbonyl (C=O) groups is 1. The monoisotopic (exact) mass is 308 g/mol. The van der Waals surface area contributed by atoms with Crippen molar-refractivity contribution < 1.29 is 13.6 Å². The minimum atomic E-state index is -2.61. The number of rotatable bonds is 4. The van der Waals surface area contributed by atoms with Crippen molar-refractivity contribution in [2.75, 3.05) is 5.32 Å². The van der Waals surface area contributed by atoms with E-state index in [2.05, 4.69) is 15.7 Å². The van der Waals surface area contributed by atoms with E-state index < -0.39 is 18.5 Å². The molecule has 1 aromatic heterocycles. The second-order valence-corrected chi connectivity index (χ2v) is 5.14. The van der Waals surface area contributed by atoms with E-state index in [4.69, 9.17) is 0 Å². The molecule has 0 aliphatic carbocycles. The Morgan fingerprint density at radius 3 is 2.45 bits per heavy atom. The molecule has 0 aliphatic rings. The summed E-state index contributed by atoms with van der Waals surface area (Å²) < 4.78 is 26.4. The fraction of sp³-hybridized carbons (Fsp3) is 0.333. The van der Waals surface area contributed by atoms with Gasteiger partial charge < -0.3 is 5.32 Å². The van der Waals surface area contributed by atoms with Gasteiger partial charge in [-0.15, -0.1) is 5.10 Å². The number of carbonyl (C=O) groups excluding carboxylic acids is 1. The maximum Gasteiger partial charge on any atom is 0.320 e. The van der Waals surface area contributed by atoms with Gasteiger partial charge in [0.15, 0.2) is 5.82 Å². The average molecular weight is 308 g/mol. The largest absolute Gasteiger partial charge is 0.330 e. The number of aryl methyl sites for hydroxylation is 2. The Morgan fingerprint density at radius 1 is 1.23 bits per heavy atom. The molecule has 0 spiro atoms. The van der Waals surface area contributed by atoms with E-state index in [1.165, 1.54) is 6.92 Å². The van der Waals surface area contributed by atoms with Crippen molar-refractivity contribution in [3.8, 4) is 5.69 Å². The third kappa shape index (κ3) is 3.81. The number of halogens is 2. The second-order valence-electron chi connectivity index (χ2n) is 5.14. The molecule has 0 fully saturated rings. The summed E-state index contributed by atoms with van der Waals surface area (Å²) in [5.74, 6) is 0.303. The highest BCUT2D eigenvalue weighted by molar-refractivity contribution is 5.88. The van der Waals surface area contributed by atoms with Gasteiger partial charge in [-0.3, -0.25) is 5.32 Å². The SMILES string of the molecule is Cc1ccc(-n2nc(NC(=O)N[C@H](C)C(F)F)cc2C)cc1. The van der Waals surface area contributed by atoms with Crippen LogP contribution in [-0.2, 0) is 0 Å². The lowest BCUT2D eigenvalue weighted by atomic mass is 10.2. The molecule has 5 nitrogen and oxygen atoms in total. The summed E-state index contributed by atoms with van der Waals surface area (Å²) in [5.41, 5.74) is 2.81. The van der Waals surface area contributed by atoms with E-state index in [0.717, 1.165) is 16.9 Å². The molecule has 0 saturated heterocycles. The van der Waals surface area contributed by atoms with Crippen LogP contribution in [-0.4, -0.2) is 28.3 Å². The molecule has 2 amide bonds. The van der Waals surface area contributed by atoms with Gasteiger partial charge in [-0.2, -0.15) is 0 Å². The normalized spacial score (nSPS) is 12.3. The van der Waals surface area contributed by atoms with Crippen LogP contribution in [0, 0.1) is 13.8 Å². The fourth-order valence-corrected chi connectivity index (χ4v) is 1.91. The lowest BCUT2D eigenvalue weighted by Crippen LogP contribution is -2.40. The minimum absolute atomic E-state index is 0.303. The van der Waals surface area contributed by atoms with Crippen molar-refractivity contribution in [2.24, 2.45) is 0 Å². The first kappa shape index (κ1) is 15.9. The highest BCUT2D eigenvalue weighted by Crippen LogP contribution is 2.15. The van der Waals surface area contributed by atoms with Crippen molar-refractivity contribution in [3.05, 3.63) is 41.6 Å². The van der Waals surface area contributed by atoms with Crippen LogP contribution in [0.3, 0.4) is 0 Å². The highest BCUT2D eigenvalue weighted by Gasteiger charge is 2.17. The Hall–Kier alpha value is -2.44. The number of urea groups is 1. The zero-order valence-corrected chi connectivity index (χ0v) is 12.6. The van der Waals surface area contributed by atoms with E-state index in [1.807, 2.05) is 38.1 Å². The fourth-order valence-electron chi connectivity index (χ4n) is 1.91. The Labute approximate surface area is 127 Å². The molecule has 2 aromatic rings. The van der Waals surface area contributed by atoms with Crippen LogP contribution in [0.2, 0.25) is 0 Å². The quantitative estimate of drug-likeness (QED) is 0.911. The predicted octanol–water partition coefficient (Wildman–Crippen LogP) is 3.26. The van der Waals surface area contributed by atoms with E-state index in [0.29, 0.717) is 5.82 Å². The number of amides is 2. The third-order valence-electron chi connectivity index (χ3n) is 3.14. The number of hydrogen-bond acceptors (Lipinski definition) is 2. The molecule has 2 rings (SSSR count). The molecular formula is C15H18F2N4O. The van der Waals surface area contributed by atoms with Crippen LogP contribution in [0.25, 0.3) is 5.69 Å². The van der Waals surface area contributed by atoms with E-state index in [1.54, 1.807) is 10.7 Å². The van der Waals surface area contributed by atoms with Gasteiger partial charge in [0.2, 0.25) is 0 Å². The van der Waals surface area contributed by atoms with E-state index in [-0.39, 0.29) is 0 Å². The van der Waals surface area contributed by atoms with Crippen molar-refractivity contribution >= 4 is 11.8 Å². The van der Waals surface area contributed by atoms with Crippen molar-refractivity contribution in [1.82, 2.24) is 15.1 Å². The molecule has 0 saturated carbocycles. The van der Waals surface area contributed by atoms with E-state index in [9.17, 15) is 13.6 Å². The van der Waals surface area contributed by atoms with Gasteiger partial charge in [0.25, 0.3) is 6.43 Å². The third-order valence-corrected chi connectivity index (χ3v) is 3.14. The van der Waals surface area contributed by atoms with Gasteiger partial charge in [0.05, 0.1) is 11.7 Å². The Morgan fingerprint density at radius 2 is 1.86 bits per heavy atom. The molecule has 0 radical (unpaired) electrons. The molecule has 0 bridgehead atoms. The number of alkyl halides is 2. The summed E-state index contributed by atoms with van der Waals surface area (Å²) in [6.45, 7) is 5.07. The number of anilines is 1. The van der Waals surface area contributed by atoms with Gasteiger partial charge in [-0.25, -0.2) is 18.3 Å². The van der Waals surface area contributed by atoms with Gasteiger partial charge in [0, 0.05) is 11.8 Å². The molecule has 118 valence electrons. The van der Waals surface area contributed by atoms with Crippen LogP contribution >= 0.6 is 0 Å². The first-order valence-corrected chi connectivity index (χ1v) is 6.86. The minimum Gasteiger partial charge on any atom is -0.330 e. The van der Waals surface area contributed by atoms with Crippen LogP contribution in [0.15, 0.2) is 30.3 Å². The van der Waals surface area contributed by atoms with Crippen molar-refractivity contribution in [1.29, 1.82) is 0 Å². The van der Waals surface area contributed by atoms with Crippen LogP contribution in [0.4, 0.5) is 19.4 Å². The topological polar surface area (TPSA) is 59.0 Å². The lowest BCUT2D eigenvalue weighted by Gasteiger charge is -2.12. The first-order valence-electron chi connectivity index (χ1n) is 6.86. The van der Waals surface area contributed by atoms with Gasteiger partial charge in [-0.05, 0) is 32.9 Å². The standard InChI is InChI=1S/C15H18F2N4O/c1-9-4-6-12(7-5-9)21-10(2)8-13(20-21)19-15(22)18-11(3)14(16)17/h4-8,11,14H,1-3H3,(H2,18,19,20,22)/t11-/m1/s1. The molecule has 1 atom stereocenters. The lowest BCUT2D eigenvalue weighted by molar-refractivity contribution is 0.110. The maximum absolute atomic E-state index is 12.4. The highest BCUT2D eigenvalue weighted by atomic mass is 19.3. The van der Waals surface area contributed by atoms with Crippen LogP contribution in [0.1, 0.15) is 18.2 Å². The van der Waals surface area contributed by atoms with Crippen molar-refractivity contribution in [2.45, 2.75) is 33.2 Å². The van der Waals surface area contributed by atoms with Gasteiger partial charge in [-0.1, -0.05) is 17.7 Å². The molecule has 0 unspecified atom stereocenters. The Kier molecular flexibility index (Phi) is 4.75. The van der Waals surface area contributed by atoms with Crippen LogP contribution < -0.4 is 10.6 Å². The summed E-state index contributed by atoms with van der Waals surface area (Å²) in [5, 5.41) is 8.87. The molecule has 2 N–H and O–H groups in total. The van der Waals surface area contributed by atoms with E-state index >= 15 is 0 Å². The molecule has 0 aliphatic heterocycles. The molecule has 1 aromatic carbocycles. The molecule has 1 heterocycles. The number of nitrogens with zero attached hydrogens (tertiary/aromatic N) is 2. The first-order chi connectivity index (χ1) is 10.4. The Bertz CT molecular complexity index is 652. The summed E-state index contributed by atoms with van der Waals surface area (Å²) in [6, 6.07) is 7.49. The van der Waals surface area contributed by atoms with Crippen LogP contribution in [0.5, 0.6) is 0 Å². The molecule has 22 heavy (non-hydrogen) atoms. The zero-order chi connectivity index (χ0) is 16.3. The molecule has 7 heteroatoms. The zero-order valence-electron chi connectivity index (χ0n) is 12.6. The Balaban J connectivity index is 2.10. The summed E-state index contributed by atoms with van der Waals surface area (Å²) in [6.07, 6.45) is -2.61. The summed E-state index contributed by atoms with van der Waals surface area (Å²) in [4.78, 5) is 11.6. The molecular weight excluding hydrogens is 290 g/mol. The summed E-state index contributed by atoms with van der Waals surface area (Å²) >= 11 is 0. The maximum atomic E-state index is 12.4. The van der Waals surface area contributed by atoms with Crippen molar-refractivity contribution in [3.63, 3.8) is 0 Å². The predicted molar refractivity (Wildman–Crippen MR) is 80.7 cm³/mol. The van der Waals surface area contributed by atoms with Gasteiger partial charge in [0.1, 0.15) is 0 Å². The number of benzene rings is 1. The smallest absolute Gasteiger partial charge is 0.320 e. The van der Waals surface area contributed by atoms with Gasteiger partial charge >= 0.3 is 6.03 Å². The average Bonchev–Trinajstić information content (AvgIpc) is 2.80. The second kappa shape index (κ2) is 6.55. The number of aromatic nitrogens is 2. The number of nitrogens with one attached hydrogen (secondary N) is 2.